The lowest BCUT2D eigenvalue weighted by molar-refractivity contribution is 0.102. The van der Waals surface area contributed by atoms with E-state index in [4.69, 9.17) is 10.2 Å². The van der Waals surface area contributed by atoms with Gasteiger partial charge in [0.2, 0.25) is 0 Å². The summed E-state index contributed by atoms with van der Waals surface area (Å²) in [7, 11) is 0. The van der Waals surface area contributed by atoms with E-state index in [0.29, 0.717) is 16.9 Å². The lowest BCUT2D eigenvalue weighted by Crippen LogP contribution is -2.11. The van der Waals surface area contributed by atoms with E-state index >= 15 is 0 Å². The van der Waals surface area contributed by atoms with Crippen molar-refractivity contribution in [3.05, 3.63) is 66.4 Å². The molecule has 0 saturated heterocycles. The van der Waals surface area contributed by atoms with E-state index in [0.717, 1.165) is 5.56 Å². The number of amides is 1. The maximum atomic E-state index is 12.0. The number of anilines is 2. The van der Waals surface area contributed by atoms with Gasteiger partial charge in [0.25, 0.3) is 5.91 Å². The van der Waals surface area contributed by atoms with Gasteiger partial charge in [-0.25, -0.2) is 0 Å². The van der Waals surface area contributed by atoms with Gasteiger partial charge < -0.3 is 10.2 Å². The van der Waals surface area contributed by atoms with Crippen LogP contribution in [0.25, 0.3) is 11.3 Å². The third kappa shape index (κ3) is 2.92. The molecule has 0 aliphatic heterocycles. The van der Waals surface area contributed by atoms with Crippen molar-refractivity contribution in [1.29, 1.82) is 0 Å². The average Bonchev–Trinajstić information content (AvgIpc) is 2.97. The second-order valence-electron chi connectivity index (χ2n) is 4.48. The van der Waals surface area contributed by atoms with Crippen LogP contribution in [0, 0.1) is 0 Å². The largest absolute Gasteiger partial charge is 0.431 e. The maximum absolute atomic E-state index is 12.0. The number of benzene rings is 2. The molecule has 5 heteroatoms. The first-order valence-corrected chi connectivity index (χ1v) is 6.40. The fraction of sp³-hybridized carbons (Fsp3) is 0. The second-order valence-corrected chi connectivity index (χ2v) is 4.48. The van der Waals surface area contributed by atoms with Crippen LogP contribution in [0.4, 0.5) is 11.7 Å². The Morgan fingerprint density at radius 3 is 2.48 bits per heavy atom. The summed E-state index contributed by atoms with van der Waals surface area (Å²) in [5.74, 6) is -0.263. The minimum atomic E-state index is -0.263. The van der Waals surface area contributed by atoms with Gasteiger partial charge in [-0.2, -0.15) is 4.98 Å². The van der Waals surface area contributed by atoms with Crippen molar-refractivity contribution in [3.63, 3.8) is 0 Å². The Kier molecular flexibility index (Phi) is 3.39. The summed E-state index contributed by atoms with van der Waals surface area (Å²) >= 11 is 0. The highest BCUT2D eigenvalue weighted by molar-refractivity contribution is 6.03. The third-order valence-electron chi connectivity index (χ3n) is 2.97. The van der Waals surface area contributed by atoms with E-state index in [9.17, 15) is 4.79 Å². The first-order chi connectivity index (χ1) is 10.2. The monoisotopic (exact) mass is 279 g/mol. The summed E-state index contributed by atoms with van der Waals surface area (Å²) in [6.45, 7) is 0. The number of rotatable bonds is 3. The molecule has 3 aromatic rings. The predicted molar refractivity (Wildman–Crippen MR) is 80.7 cm³/mol. The molecule has 0 fully saturated rings. The van der Waals surface area contributed by atoms with Gasteiger partial charge in [0, 0.05) is 16.8 Å². The molecule has 0 bridgehead atoms. The minimum absolute atomic E-state index is 0.163. The zero-order chi connectivity index (χ0) is 14.7. The van der Waals surface area contributed by atoms with Crippen molar-refractivity contribution >= 4 is 17.6 Å². The molecule has 0 saturated carbocycles. The zero-order valence-corrected chi connectivity index (χ0v) is 11.1. The molecular formula is C16H13N3O2. The van der Waals surface area contributed by atoms with Crippen LogP contribution in [0.2, 0.25) is 0 Å². The van der Waals surface area contributed by atoms with Crippen LogP contribution >= 0.6 is 0 Å². The molecule has 1 heterocycles. The molecule has 21 heavy (non-hydrogen) atoms. The van der Waals surface area contributed by atoms with E-state index in [-0.39, 0.29) is 11.9 Å². The molecule has 104 valence electrons. The highest BCUT2D eigenvalue weighted by Crippen LogP contribution is 2.21. The Hall–Kier alpha value is -3.08. The standard InChI is InChI=1S/C16H13N3O2/c17-13-8-6-11(7-9-13)14-10-21-16(18-14)19-15(20)12-4-2-1-3-5-12/h1-10H,17H2,(H,18,19,20). The molecule has 0 unspecified atom stereocenters. The molecule has 1 aromatic heterocycles. The number of nitrogen functional groups attached to an aromatic ring is 1. The minimum Gasteiger partial charge on any atom is -0.431 e. The Balaban J connectivity index is 1.76. The van der Waals surface area contributed by atoms with Gasteiger partial charge in [0.1, 0.15) is 12.0 Å². The van der Waals surface area contributed by atoms with Crippen molar-refractivity contribution in [2.75, 3.05) is 11.1 Å². The number of hydrogen-bond donors (Lipinski definition) is 2. The number of nitrogens with two attached hydrogens (primary N) is 1. The molecule has 5 nitrogen and oxygen atoms in total. The van der Waals surface area contributed by atoms with E-state index < -0.39 is 0 Å². The van der Waals surface area contributed by atoms with Crippen LogP contribution in [0.1, 0.15) is 10.4 Å². The lowest BCUT2D eigenvalue weighted by atomic mass is 10.1. The lowest BCUT2D eigenvalue weighted by Gasteiger charge is -1.99. The molecule has 1 amide bonds. The molecule has 2 aromatic carbocycles. The Bertz CT molecular complexity index is 749. The highest BCUT2D eigenvalue weighted by atomic mass is 16.4. The van der Waals surface area contributed by atoms with Crippen molar-refractivity contribution in [3.8, 4) is 11.3 Å². The Labute approximate surface area is 121 Å². The van der Waals surface area contributed by atoms with Crippen LogP contribution in [0.15, 0.2) is 65.3 Å². The summed E-state index contributed by atoms with van der Waals surface area (Å²) in [6.07, 6.45) is 1.49. The third-order valence-corrected chi connectivity index (χ3v) is 2.97. The second kappa shape index (κ2) is 5.50. The number of hydrogen-bond acceptors (Lipinski definition) is 4. The molecule has 0 aliphatic carbocycles. The topological polar surface area (TPSA) is 81.1 Å². The molecule has 0 radical (unpaired) electrons. The van der Waals surface area contributed by atoms with Crippen LogP contribution in [-0.4, -0.2) is 10.9 Å². The number of nitrogens with zero attached hydrogens (tertiary/aromatic N) is 1. The number of aromatic nitrogens is 1. The van der Waals surface area contributed by atoms with Gasteiger partial charge in [-0.1, -0.05) is 30.3 Å². The average molecular weight is 279 g/mol. The molecule has 3 N–H and O–H groups in total. The highest BCUT2D eigenvalue weighted by Gasteiger charge is 2.10. The van der Waals surface area contributed by atoms with E-state index in [1.165, 1.54) is 6.26 Å². The summed E-state index contributed by atoms with van der Waals surface area (Å²) in [6, 6.07) is 16.3. The SMILES string of the molecule is Nc1ccc(-c2coc(NC(=O)c3ccccc3)n2)cc1. The Morgan fingerprint density at radius 1 is 1.05 bits per heavy atom. The fourth-order valence-corrected chi connectivity index (χ4v) is 1.88. The van der Waals surface area contributed by atoms with Crippen LogP contribution < -0.4 is 11.1 Å². The van der Waals surface area contributed by atoms with Gasteiger partial charge in [0.15, 0.2) is 0 Å². The van der Waals surface area contributed by atoms with Gasteiger partial charge in [-0.15, -0.1) is 0 Å². The van der Waals surface area contributed by atoms with Crippen molar-refractivity contribution < 1.29 is 9.21 Å². The summed E-state index contributed by atoms with van der Waals surface area (Å²) in [4.78, 5) is 16.2. The number of oxazole rings is 1. The number of nitrogens with one attached hydrogen (secondary N) is 1. The van der Waals surface area contributed by atoms with Crippen molar-refractivity contribution in [2.45, 2.75) is 0 Å². The van der Waals surface area contributed by atoms with Crippen molar-refractivity contribution in [1.82, 2.24) is 4.98 Å². The fourth-order valence-electron chi connectivity index (χ4n) is 1.88. The predicted octanol–water partition coefficient (Wildman–Crippen LogP) is 3.18. The van der Waals surface area contributed by atoms with Crippen LogP contribution in [-0.2, 0) is 0 Å². The van der Waals surface area contributed by atoms with Crippen LogP contribution in [0.3, 0.4) is 0 Å². The van der Waals surface area contributed by atoms with Gasteiger partial charge in [-0.3, -0.25) is 10.1 Å². The smallest absolute Gasteiger partial charge is 0.302 e. The first-order valence-electron chi connectivity index (χ1n) is 6.40. The number of carbonyl (C=O) groups excluding carboxylic acids is 1. The van der Waals surface area contributed by atoms with E-state index in [1.54, 1.807) is 36.4 Å². The molecule has 0 atom stereocenters. The zero-order valence-electron chi connectivity index (χ0n) is 11.1. The van der Waals surface area contributed by atoms with Crippen molar-refractivity contribution in [2.24, 2.45) is 0 Å². The number of carbonyl (C=O) groups is 1. The summed E-state index contributed by atoms with van der Waals surface area (Å²) in [5.41, 5.74) is 8.37. The van der Waals surface area contributed by atoms with Gasteiger partial charge in [-0.05, 0) is 24.3 Å². The summed E-state index contributed by atoms with van der Waals surface area (Å²) in [5, 5.41) is 2.62. The van der Waals surface area contributed by atoms with E-state index in [2.05, 4.69) is 10.3 Å². The molecular weight excluding hydrogens is 266 g/mol. The van der Waals surface area contributed by atoms with Crippen LogP contribution in [0.5, 0.6) is 0 Å². The van der Waals surface area contributed by atoms with E-state index in [1.807, 2.05) is 18.2 Å². The van der Waals surface area contributed by atoms with Gasteiger partial charge >= 0.3 is 6.01 Å². The normalized spacial score (nSPS) is 10.3. The molecule has 0 aliphatic rings. The molecule has 3 rings (SSSR count). The maximum Gasteiger partial charge on any atom is 0.302 e. The van der Waals surface area contributed by atoms with Gasteiger partial charge in [0.05, 0.1) is 0 Å². The quantitative estimate of drug-likeness (QED) is 0.721. The first kappa shape index (κ1) is 12.9. The summed E-state index contributed by atoms with van der Waals surface area (Å²) < 4.78 is 5.27. The molecule has 0 spiro atoms. The Morgan fingerprint density at radius 2 is 1.76 bits per heavy atom.